The van der Waals surface area contributed by atoms with Crippen molar-refractivity contribution in [3.05, 3.63) is 98.0 Å². The van der Waals surface area contributed by atoms with Gasteiger partial charge in [0.2, 0.25) is 0 Å². The lowest BCUT2D eigenvalue weighted by Crippen LogP contribution is -2.29. The Bertz CT molecular complexity index is 1330. The molecule has 0 radical (unpaired) electrons. The molecule has 3 aromatic carbocycles. The number of carboxylic acids is 1. The third kappa shape index (κ3) is 4.64. The van der Waals surface area contributed by atoms with Crippen LogP contribution in [0.4, 0.5) is 5.69 Å². The summed E-state index contributed by atoms with van der Waals surface area (Å²) in [5, 5.41) is 12.3. The first-order valence-electron chi connectivity index (χ1n) is 10.9. The van der Waals surface area contributed by atoms with Crippen LogP contribution in [0.1, 0.15) is 62.4 Å². The van der Waals surface area contributed by atoms with E-state index in [1.807, 2.05) is 26.8 Å². The van der Waals surface area contributed by atoms with Crippen molar-refractivity contribution < 1.29 is 19.4 Å². The Morgan fingerprint density at radius 1 is 0.971 bits per heavy atom. The number of halogens is 1. The number of ether oxygens (including phenoxy) is 1. The van der Waals surface area contributed by atoms with Crippen LogP contribution in [0.2, 0.25) is 0 Å². The van der Waals surface area contributed by atoms with Crippen LogP contribution in [0.5, 0.6) is 5.75 Å². The van der Waals surface area contributed by atoms with Crippen molar-refractivity contribution in [2.75, 3.05) is 5.32 Å². The Morgan fingerprint density at radius 3 is 2.18 bits per heavy atom. The summed E-state index contributed by atoms with van der Waals surface area (Å²) < 4.78 is 6.92. The molecule has 1 heterocycles. The minimum atomic E-state index is -0.982. The van der Waals surface area contributed by atoms with Gasteiger partial charge in [-0.3, -0.25) is 4.79 Å². The fourth-order valence-corrected chi connectivity index (χ4v) is 4.84. The highest BCUT2D eigenvalue weighted by molar-refractivity contribution is 9.10. The van der Waals surface area contributed by atoms with Gasteiger partial charge in [0, 0.05) is 16.8 Å². The Labute approximate surface area is 207 Å². The van der Waals surface area contributed by atoms with Crippen molar-refractivity contribution in [2.24, 2.45) is 0 Å². The number of aromatic carboxylic acids is 1. The van der Waals surface area contributed by atoms with E-state index in [-0.39, 0.29) is 11.5 Å². The van der Waals surface area contributed by atoms with E-state index in [4.69, 9.17) is 4.74 Å². The van der Waals surface area contributed by atoms with Crippen molar-refractivity contribution in [3.63, 3.8) is 0 Å². The summed E-state index contributed by atoms with van der Waals surface area (Å²) in [6, 6.07) is 15.2. The second-order valence-corrected chi connectivity index (χ2v) is 10.1. The molecule has 34 heavy (non-hydrogen) atoms. The van der Waals surface area contributed by atoms with Crippen LogP contribution in [0.25, 0.3) is 5.57 Å². The molecule has 2 N–H and O–H groups in total. The van der Waals surface area contributed by atoms with Gasteiger partial charge in [-0.25, -0.2) is 4.79 Å². The molecular formula is C28H26BrNO4. The number of hydrogen-bond acceptors (Lipinski definition) is 3. The topological polar surface area (TPSA) is 75.6 Å². The van der Waals surface area contributed by atoms with E-state index < -0.39 is 11.6 Å². The number of rotatable bonds is 4. The van der Waals surface area contributed by atoms with Crippen molar-refractivity contribution >= 4 is 39.1 Å². The maximum absolute atomic E-state index is 13.2. The summed E-state index contributed by atoms with van der Waals surface area (Å²) in [4.78, 5) is 24.7. The van der Waals surface area contributed by atoms with E-state index in [1.54, 1.807) is 32.0 Å². The molecule has 3 aromatic rings. The van der Waals surface area contributed by atoms with Crippen LogP contribution in [-0.4, -0.2) is 22.6 Å². The van der Waals surface area contributed by atoms with Crippen LogP contribution in [0, 0.1) is 20.8 Å². The highest BCUT2D eigenvalue weighted by atomic mass is 79.9. The number of carbonyl (C=O) groups excluding carboxylic acids is 1. The quantitative estimate of drug-likeness (QED) is 0.391. The van der Waals surface area contributed by atoms with Gasteiger partial charge in [-0.05, 0) is 103 Å². The minimum absolute atomic E-state index is 0.252. The van der Waals surface area contributed by atoms with Crippen LogP contribution >= 0.6 is 15.9 Å². The molecule has 0 bridgehead atoms. The molecule has 6 heteroatoms. The van der Waals surface area contributed by atoms with Crippen molar-refractivity contribution in [1.82, 2.24) is 0 Å². The zero-order valence-corrected chi connectivity index (χ0v) is 21.3. The molecule has 0 aliphatic carbocycles. The SMILES string of the molecule is Cc1ccc(C2=CC(C)(C)Oc3c(Br)cc(C(=O)Nc4cc(C)c(C(=O)O)c(C)c4)cc32)cc1. The molecule has 0 unspecified atom stereocenters. The summed E-state index contributed by atoms with van der Waals surface area (Å²) in [6.07, 6.45) is 2.07. The number of anilines is 1. The van der Waals surface area contributed by atoms with Gasteiger partial charge >= 0.3 is 5.97 Å². The molecule has 0 atom stereocenters. The van der Waals surface area contributed by atoms with Crippen LogP contribution in [-0.2, 0) is 0 Å². The van der Waals surface area contributed by atoms with Crippen molar-refractivity contribution in [2.45, 2.75) is 40.2 Å². The van der Waals surface area contributed by atoms with E-state index >= 15 is 0 Å². The largest absolute Gasteiger partial charge is 0.482 e. The lowest BCUT2D eigenvalue weighted by atomic mass is 9.88. The van der Waals surface area contributed by atoms with Gasteiger partial charge in [0.25, 0.3) is 5.91 Å². The fraction of sp³-hybridized carbons (Fsp3) is 0.214. The van der Waals surface area contributed by atoms with Crippen LogP contribution in [0.15, 0.2) is 59.1 Å². The molecule has 0 spiro atoms. The highest BCUT2D eigenvalue weighted by Crippen LogP contribution is 2.44. The number of nitrogens with one attached hydrogen (secondary N) is 1. The smallest absolute Gasteiger partial charge is 0.336 e. The lowest BCUT2D eigenvalue weighted by molar-refractivity contribution is 0.0695. The number of amides is 1. The predicted molar refractivity (Wildman–Crippen MR) is 138 cm³/mol. The molecule has 1 aliphatic heterocycles. The van der Waals surface area contributed by atoms with Gasteiger partial charge in [0.15, 0.2) is 0 Å². The van der Waals surface area contributed by atoms with Crippen molar-refractivity contribution in [1.29, 1.82) is 0 Å². The number of hydrogen-bond donors (Lipinski definition) is 2. The lowest BCUT2D eigenvalue weighted by Gasteiger charge is -2.32. The second kappa shape index (κ2) is 8.76. The Morgan fingerprint density at radius 2 is 1.59 bits per heavy atom. The summed E-state index contributed by atoms with van der Waals surface area (Å²) in [5.74, 6) is -0.583. The van der Waals surface area contributed by atoms with Crippen LogP contribution < -0.4 is 10.1 Å². The number of fused-ring (bicyclic) bond motifs is 1. The molecule has 0 saturated carbocycles. The van der Waals surface area contributed by atoms with Gasteiger partial charge in [-0.1, -0.05) is 29.8 Å². The van der Waals surface area contributed by atoms with E-state index in [0.29, 0.717) is 32.6 Å². The second-order valence-electron chi connectivity index (χ2n) is 9.21. The third-order valence-corrected chi connectivity index (χ3v) is 6.41. The van der Waals surface area contributed by atoms with Gasteiger partial charge < -0.3 is 15.2 Å². The maximum atomic E-state index is 13.2. The Kier molecular flexibility index (Phi) is 6.13. The predicted octanol–water partition coefficient (Wildman–Crippen LogP) is 6.93. The average molecular weight is 520 g/mol. The molecule has 1 amide bonds. The Balaban J connectivity index is 1.74. The summed E-state index contributed by atoms with van der Waals surface area (Å²) in [5.41, 5.74) is 5.98. The number of benzene rings is 3. The zero-order chi connectivity index (χ0) is 24.8. The molecule has 0 fully saturated rings. The summed E-state index contributed by atoms with van der Waals surface area (Å²) in [7, 11) is 0. The fourth-order valence-electron chi connectivity index (χ4n) is 4.29. The maximum Gasteiger partial charge on any atom is 0.336 e. The molecule has 0 aromatic heterocycles. The standard InChI is InChI=1S/C28H26BrNO4/c1-15-6-8-18(9-7-15)22-14-28(4,5)34-25-21(22)12-19(13-23(25)29)26(31)30-20-10-16(2)24(27(32)33)17(3)11-20/h6-14H,1-5H3,(H,30,31)(H,32,33). The Hall–Kier alpha value is -3.38. The molecule has 174 valence electrons. The summed E-state index contributed by atoms with van der Waals surface area (Å²) in [6.45, 7) is 9.50. The van der Waals surface area contributed by atoms with E-state index in [2.05, 4.69) is 51.6 Å². The average Bonchev–Trinajstić information content (AvgIpc) is 2.73. The van der Waals surface area contributed by atoms with E-state index in [0.717, 1.165) is 16.7 Å². The molecule has 4 rings (SSSR count). The first-order valence-corrected chi connectivity index (χ1v) is 11.7. The van der Waals surface area contributed by atoms with Gasteiger partial charge in [0.1, 0.15) is 11.4 Å². The third-order valence-electron chi connectivity index (χ3n) is 5.82. The van der Waals surface area contributed by atoms with Gasteiger partial charge in [-0.2, -0.15) is 0 Å². The number of carboxylic acid groups (broad SMARTS) is 1. The monoisotopic (exact) mass is 519 g/mol. The zero-order valence-electron chi connectivity index (χ0n) is 19.7. The minimum Gasteiger partial charge on any atom is -0.482 e. The number of carbonyl (C=O) groups is 2. The first-order chi connectivity index (χ1) is 15.9. The van der Waals surface area contributed by atoms with E-state index in [1.165, 1.54) is 5.56 Å². The number of aryl methyl sites for hydroxylation is 3. The molecule has 1 aliphatic rings. The molecular weight excluding hydrogens is 494 g/mol. The summed E-state index contributed by atoms with van der Waals surface area (Å²) >= 11 is 3.60. The normalized spacial score (nSPS) is 14.0. The molecule has 0 saturated heterocycles. The van der Waals surface area contributed by atoms with Gasteiger partial charge in [-0.15, -0.1) is 0 Å². The first kappa shape index (κ1) is 23.8. The molecule has 5 nitrogen and oxygen atoms in total. The highest BCUT2D eigenvalue weighted by Gasteiger charge is 2.30. The van der Waals surface area contributed by atoms with Crippen molar-refractivity contribution in [3.8, 4) is 5.75 Å². The van der Waals surface area contributed by atoms with Gasteiger partial charge in [0.05, 0.1) is 10.0 Å². The van der Waals surface area contributed by atoms with E-state index in [9.17, 15) is 14.7 Å². The van der Waals surface area contributed by atoms with Crippen LogP contribution in [0.3, 0.4) is 0 Å².